The molecule has 0 bridgehead atoms. The zero-order valence-corrected chi connectivity index (χ0v) is 34.2. The summed E-state index contributed by atoms with van der Waals surface area (Å²) < 4.78 is 23.4. The van der Waals surface area contributed by atoms with Crippen LogP contribution in [-0.2, 0) is 23.7 Å². The SMILES string of the molecule is C[C@@H]1CC[C@]2(C(=O)O[C@@H]3O[C@H](CO)[C@@H](O)[C@H](O)[C@H]3O)CC[C@]3(C)C(=CC[C@@H]4[C@@]5(C)CC[C@H](O)[C@@](C)(CO[C@@H]6O[C@H](CO)[C@@H](O)[C@H](O)[C@H]6O)[C@@H]5CC[C@]43C)[C@@H]2[C@]1(C)O. The fraction of sp³-hybridized carbons (Fsp3) is 0.929. The molecule has 7 aliphatic rings. The highest BCUT2D eigenvalue weighted by Crippen LogP contribution is 2.76. The second-order valence-electron chi connectivity index (χ2n) is 20.2. The van der Waals surface area contributed by atoms with Crippen LogP contribution in [0.2, 0.25) is 0 Å². The maximum atomic E-state index is 14.6. The van der Waals surface area contributed by atoms with Crippen LogP contribution in [0.25, 0.3) is 0 Å². The topological polar surface area (TPSA) is 256 Å². The van der Waals surface area contributed by atoms with Gasteiger partial charge in [-0.15, -0.1) is 0 Å². The number of fused-ring (bicyclic) bond motifs is 7. The lowest BCUT2D eigenvalue weighted by atomic mass is 9.33. The third kappa shape index (κ3) is 6.26. The van der Waals surface area contributed by atoms with Crippen molar-refractivity contribution >= 4 is 5.97 Å². The maximum Gasteiger partial charge on any atom is 0.315 e. The first-order chi connectivity index (χ1) is 26.6. The maximum absolute atomic E-state index is 14.6. The van der Waals surface area contributed by atoms with E-state index in [4.69, 9.17) is 18.9 Å². The van der Waals surface area contributed by atoms with E-state index >= 15 is 0 Å². The summed E-state index contributed by atoms with van der Waals surface area (Å²) in [4.78, 5) is 14.6. The molecule has 21 atom stereocenters. The van der Waals surface area contributed by atoms with E-state index in [1.807, 2.05) is 13.8 Å². The first kappa shape index (κ1) is 43.8. The van der Waals surface area contributed by atoms with Crippen molar-refractivity contribution in [2.75, 3.05) is 19.8 Å². The number of rotatable bonds is 7. The van der Waals surface area contributed by atoms with E-state index in [9.17, 15) is 55.9 Å². The molecule has 0 radical (unpaired) electrons. The Morgan fingerprint density at radius 2 is 1.33 bits per heavy atom. The molecule has 2 saturated heterocycles. The first-order valence-corrected chi connectivity index (χ1v) is 21.1. The third-order valence-electron chi connectivity index (χ3n) is 17.7. The van der Waals surface area contributed by atoms with Crippen molar-refractivity contribution < 1.29 is 74.8 Å². The predicted octanol–water partition coefficient (Wildman–Crippen LogP) is 0.260. The van der Waals surface area contributed by atoms with Crippen molar-refractivity contribution in [2.24, 2.45) is 50.7 Å². The van der Waals surface area contributed by atoms with Crippen LogP contribution < -0.4 is 0 Å². The van der Waals surface area contributed by atoms with E-state index < -0.39 is 114 Å². The van der Waals surface area contributed by atoms with Crippen LogP contribution >= 0.6 is 0 Å². The highest BCUT2D eigenvalue weighted by Gasteiger charge is 2.72. The van der Waals surface area contributed by atoms with E-state index in [-0.39, 0.29) is 35.2 Å². The number of hydrogen-bond acceptors (Lipinski definition) is 15. The Hall–Kier alpha value is -1.31. The van der Waals surface area contributed by atoms with E-state index in [0.717, 1.165) is 24.8 Å². The summed E-state index contributed by atoms with van der Waals surface area (Å²) in [6, 6.07) is 0. The number of allylic oxidation sites excluding steroid dienone is 1. The van der Waals surface area contributed by atoms with Crippen LogP contribution in [-0.4, -0.2) is 150 Å². The molecule has 10 N–H and O–H groups in total. The van der Waals surface area contributed by atoms with Gasteiger partial charge >= 0.3 is 5.97 Å². The molecule has 5 aliphatic carbocycles. The highest BCUT2D eigenvalue weighted by molar-refractivity contribution is 5.79. The minimum absolute atomic E-state index is 0.00994. The number of esters is 1. The third-order valence-corrected chi connectivity index (χ3v) is 17.7. The highest BCUT2D eigenvalue weighted by atomic mass is 16.7. The Morgan fingerprint density at radius 3 is 1.95 bits per heavy atom. The number of hydrogen-bond donors (Lipinski definition) is 10. The molecular weight excluding hydrogens is 744 g/mol. The molecule has 2 heterocycles. The zero-order valence-electron chi connectivity index (χ0n) is 34.2. The minimum Gasteiger partial charge on any atom is -0.432 e. The van der Waals surface area contributed by atoms with Crippen molar-refractivity contribution in [1.29, 1.82) is 0 Å². The standard InChI is InChI=1S/C42H68O15/c1-20-9-14-42(36(52)57-35-32(51)30(49)28(47)23(18-44)56-35)16-15-39(4)21(33(42)41(20,6)53)7-8-25-37(2)12-11-26(45)38(3,24(37)10-13-40(25,39)5)19-54-34-31(50)29(48)27(46)22(17-43)55-34/h7,20,22-35,43-51,53H,8-19H2,1-6H3/t20-,22-,23-,24-,25-,26+,27-,28-,29+,30+,31-,32-,33-,34-,35+,37+,38+,39-,40-,41-,42+/m1/s1. The Bertz CT molecular complexity index is 1540. The molecule has 15 nitrogen and oxygen atoms in total. The van der Waals surface area contributed by atoms with Crippen molar-refractivity contribution in [3.05, 3.63) is 11.6 Å². The van der Waals surface area contributed by atoms with Crippen molar-refractivity contribution in [1.82, 2.24) is 0 Å². The van der Waals surface area contributed by atoms with Crippen LogP contribution in [0.15, 0.2) is 11.6 Å². The number of carbonyl (C=O) groups is 1. The summed E-state index contributed by atoms with van der Waals surface area (Å²) in [5, 5.41) is 107. The molecule has 15 heteroatoms. The van der Waals surface area contributed by atoms with Gasteiger partial charge in [-0.2, -0.15) is 0 Å². The predicted molar refractivity (Wildman–Crippen MR) is 200 cm³/mol. The van der Waals surface area contributed by atoms with E-state index in [1.165, 1.54) is 0 Å². The Balaban J connectivity index is 1.19. The fourth-order valence-corrected chi connectivity index (χ4v) is 13.7. The quantitative estimate of drug-likeness (QED) is 0.122. The van der Waals surface area contributed by atoms with Gasteiger partial charge in [-0.25, -0.2) is 0 Å². The Morgan fingerprint density at radius 1 is 0.737 bits per heavy atom. The monoisotopic (exact) mass is 812 g/mol. The van der Waals surface area contributed by atoms with Gasteiger partial charge in [0.05, 0.1) is 36.9 Å². The molecular formula is C42H68O15. The molecule has 4 saturated carbocycles. The van der Waals surface area contributed by atoms with E-state index in [1.54, 1.807) is 6.92 Å². The van der Waals surface area contributed by atoms with Crippen LogP contribution in [0.4, 0.5) is 0 Å². The Labute approximate surface area is 335 Å². The molecule has 6 fully saturated rings. The second kappa shape index (κ2) is 14.9. The summed E-state index contributed by atoms with van der Waals surface area (Å²) in [5.74, 6) is -1.28. The fourth-order valence-electron chi connectivity index (χ4n) is 13.7. The normalized spacial score (nSPS) is 56.4. The molecule has 0 aromatic heterocycles. The average molecular weight is 813 g/mol. The van der Waals surface area contributed by atoms with Crippen LogP contribution in [0, 0.1) is 50.7 Å². The van der Waals surface area contributed by atoms with Gasteiger partial charge in [0.15, 0.2) is 6.29 Å². The lowest BCUT2D eigenvalue weighted by Gasteiger charge is -2.72. The summed E-state index contributed by atoms with van der Waals surface area (Å²) in [7, 11) is 0. The van der Waals surface area contributed by atoms with Gasteiger partial charge in [-0.05, 0) is 98.7 Å². The number of ether oxygens (including phenoxy) is 4. The molecule has 2 aliphatic heterocycles. The van der Waals surface area contributed by atoms with Gasteiger partial charge in [0.2, 0.25) is 6.29 Å². The smallest absolute Gasteiger partial charge is 0.315 e. The number of aliphatic hydroxyl groups excluding tert-OH is 9. The van der Waals surface area contributed by atoms with Crippen molar-refractivity contribution in [3.8, 4) is 0 Å². The molecule has 326 valence electrons. The molecule has 0 unspecified atom stereocenters. The molecule has 0 spiro atoms. The van der Waals surface area contributed by atoms with Crippen LogP contribution in [0.1, 0.15) is 99.3 Å². The van der Waals surface area contributed by atoms with Gasteiger partial charge in [-0.1, -0.05) is 46.3 Å². The van der Waals surface area contributed by atoms with Gasteiger partial charge < -0.3 is 70.0 Å². The first-order valence-electron chi connectivity index (χ1n) is 21.1. The molecule has 0 aromatic rings. The summed E-state index contributed by atoms with van der Waals surface area (Å²) in [6.45, 7) is 11.5. The number of carbonyl (C=O) groups excluding carboxylic acids is 1. The summed E-state index contributed by atoms with van der Waals surface area (Å²) in [6.07, 6.45) is -7.95. The minimum atomic E-state index is -1.75. The number of aliphatic hydroxyl groups is 10. The van der Waals surface area contributed by atoms with Crippen LogP contribution in [0.5, 0.6) is 0 Å². The molecule has 7 rings (SSSR count). The van der Waals surface area contributed by atoms with Gasteiger partial charge in [-0.3, -0.25) is 4.79 Å². The van der Waals surface area contributed by atoms with Crippen LogP contribution in [0.3, 0.4) is 0 Å². The summed E-state index contributed by atoms with van der Waals surface area (Å²) >= 11 is 0. The Kier molecular flexibility index (Phi) is 11.5. The van der Waals surface area contributed by atoms with Gasteiger partial charge in [0.1, 0.15) is 48.8 Å². The molecule has 0 aromatic carbocycles. The largest absolute Gasteiger partial charge is 0.432 e. The van der Waals surface area contributed by atoms with Crippen molar-refractivity contribution in [2.45, 2.75) is 172 Å². The van der Waals surface area contributed by atoms with E-state index in [0.29, 0.717) is 38.5 Å². The average Bonchev–Trinajstić information content (AvgIpc) is 3.17. The molecule has 57 heavy (non-hydrogen) atoms. The van der Waals surface area contributed by atoms with Gasteiger partial charge in [0.25, 0.3) is 0 Å². The van der Waals surface area contributed by atoms with Gasteiger partial charge in [0, 0.05) is 11.3 Å². The molecule has 0 amide bonds. The zero-order chi connectivity index (χ0) is 41.8. The lowest BCUT2D eigenvalue weighted by molar-refractivity contribution is -0.315. The second-order valence-corrected chi connectivity index (χ2v) is 20.2. The lowest BCUT2D eigenvalue weighted by Crippen LogP contribution is -2.68. The van der Waals surface area contributed by atoms with Crippen molar-refractivity contribution in [3.63, 3.8) is 0 Å². The van der Waals surface area contributed by atoms with E-state index in [2.05, 4.69) is 26.8 Å². The summed E-state index contributed by atoms with van der Waals surface area (Å²) in [5.41, 5.74) is -3.21.